The summed E-state index contributed by atoms with van der Waals surface area (Å²) in [5.74, 6) is 0.354. The Labute approximate surface area is 288 Å². The number of methoxy groups -OCH3 is 2. The Kier molecular flexibility index (Phi) is 10.3. The van der Waals surface area contributed by atoms with Crippen LogP contribution in [0.25, 0.3) is 6.08 Å². The van der Waals surface area contributed by atoms with E-state index < -0.39 is 38.8 Å². The molecule has 16 heteroatoms. The zero-order chi connectivity index (χ0) is 36.3. The van der Waals surface area contributed by atoms with Gasteiger partial charge in [-0.15, -0.1) is 0 Å². The molecule has 0 saturated heterocycles. The fraction of sp³-hybridized carbons (Fsp3) is 0.265. The third kappa shape index (κ3) is 7.05. The molecule has 50 heavy (non-hydrogen) atoms. The van der Waals surface area contributed by atoms with Crippen molar-refractivity contribution in [3.05, 3.63) is 117 Å². The van der Waals surface area contributed by atoms with E-state index in [0.29, 0.717) is 37.7 Å². The van der Waals surface area contributed by atoms with Gasteiger partial charge in [-0.3, -0.25) is 29.6 Å². The number of aromatic nitrogens is 1. The van der Waals surface area contributed by atoms with Crippen LogP contribution in [0.2, 0.25) is 0 Å². The monoisotopic (exact) mass is 704 g/mol. The first kappa shape index (κ1) is 35.3. The highest BCUT2D eigenvalue weighted by Gasteiger charge is 2.34. The first-order valence-electron chi connectivity index (χ1n) is 15.2. The highest BCUT2D eigenvalue weighted by atomic mass is 32.1. The van der Waals surface area contributed by atoms with E-state index >= 15 is 0 Å². The quantitative estimate of drug-likeness (QED) is 0.107. The predicted molar refractivity (Wildman–Crippen MR) is 182 cm³/mol. The molecule has 1 aromatic heterocycles. The molecule has 15 nitrogen and oxygen atoms in total. The lowest BCUT2D eigenvalue weighted by Crippen LogP contribution is -2.40. The number of fused-ring (bicyclic) bond motifs is 1. The molecule has 1 aliphatic heterocycles. The Morgan fingerprint density at radius 2 is 1.64 bits per heavy atom. The molecule has 260 valence electrons. The van der Waals surface area contributed by atoms with Gasteiger partial charge in [0, 0.05) is 6.07 Å². The molecule has 0 N–H and O–H groups in total. The van der Waals surface area contributed by atoms with Crippen LogP contribution in [0.4, 0.5) is 11.4 Å². The summed E-state index contributed by atoms with van der Waals surface area (Å²) < 4.78 is 29.8. The largest absolute Gasteiger partial charge is 0.493 e. The van der Waals surface area contributed by atoms with Gasteiger partial charge in [0.05, 0.1) is 64.7 Å². The van der Waals surface area contributed by atoms with Gasteiger partial charge in [0.1, 0.15) is 0 Å². The molecule has 0 radical (unpaired) electrons. The molecule has 2 heterocycles. The van der Waals surface area contributed by atoms with Crippen LogP contribution in [-0.2, 0) is 9.53 Å². The van der Waals surface area contributed by atoms with E-state index in [2.05, 4.69) is 4.99 Å². The normalized spacial score (nSPS) is 14.1. The van der Waals surface area contributed by atoms with Gasteiger partial charge in [0.2, 0.25) is 5.75 Å². The van der Waals surface area contributed by atoms with Crippen LogP contribution in [0.3, 0.4) is 0 Å². The smallest absolute Gasteiger partial charge is 0.338 e. The molecular weight excluding hydrogens is 672 g/mol. The van der Waals surface area contributed by atoms with Crippen molar-refractivity contribution in [3.63, 3.8) is 0 Å². The van der Waals surface area contributed by atoms with Gasteiger partial charge in [0.25, 0.3) is 11.2 Å². The number of esters is 1. The Balaban J connectivity index is 1.59. The van der Waals surface area contributed by atoms with Crippen LogP contribution < -0.4 is 33.8 Å². The van der Waals surface area contributed by atoms with Crippen molar-refractivity contribution in [2.45, 2.75) is 39.8 Å². The molecule has 4 aromatic rings. The number of nitro groups is 2. The van der Waals surface area contributed by atoms with Crippen LogP contribution >= 0.6 is 11.3 Å². The fourth-order valence-corrected chi connectivity index (χ4v) is 6.34. The highest BCUT2D eigenvalue weighted by Crippen LogP contribution is 2.39. The summed E-state index contributed by atoms with van der Waals surface area (Å²) in [6, 6.07) is 12.0. The van der Waals surface area contributed by atoms with Crippen molar-refractivity contribution in [2.75, 3.05) is 20.8 Å². The molecule has 0 spiro atoms. The molecule has 0 unspecified atom stereocenters. The second-order valence-electron chi connectivity index (χ2n) is 11.1. The summed E-state index contributed by atoms with van der Waals surface area (Å²) in [7, 11) is 2.87. The number of non-ortho nitro benzene ring substituents is 1. The maximum absolute atomic E-state index is 14.1. The Bertz CT molecular complexity index is 2220. The van der Waals surface area contributed by atoms with Crippen LogP contribution in [0.5, 0.6) is 28.7 Å². The van der Waals surface area contributed by atoms with Gasteiger partial charge < -0.3 is 23.7 Å². The lowest BCUT2D eigenvalue weighted by molar-refractivity contribution is -0.394. The second-order valence-corrected chi connectivity index (χ2v) is 12.1. The Morgan fingerprint density at radius 1 is 0.960 bits per heavy atom. The van der Waals surface area contributed by atoms with Gasteiger partial charge in [0.15, 0.2) is 27.8 Å². The first-order valence-corrected chi connectivity index (χ1v) is 16.0. The first-order chi connectivity index (χ1) is 23.9. The minimum atomic E-state index is -0.891. The SMILES string of the molecule is CCOC(=O)C1=C(C)N=c2s/c(=C\c3ccc(Oc4ccc([N+](=O)[O-])cc4[N+](=O)[O-])c(OC)c3)c(=O)n2[C@@H]1c1ccc(OC(C)C)c(OC)c1. The third-order valence-corrected chi connectivity index (χ3v) is 8.42. The van der Waals surface area contributed by atoms with E-state index in [4.69, 9.17) is 23.7 Å². The standard InChI is InChI=1S/C34H32N4O11S/c1-7-47-33(40)30-19(4)35-34-36(31(30)21-9-12-25(48-18(2)3)28(16-21)46-6)32(39)29(50-34)15-20-8-11-26(27(14-20)45-5)49-24-13-10-22(37(41)42)17-23(24)38(43)44/h8-18,31H,7H2,1-6H3/b29-15-/t31-/m1/s1. The number of hydrogen-bond acceptors (Lipinski definition) is 13. The number of rotatable bonds is 12. The average molecular weight is 705 g/mol. The van der Waals surface area contributed by atoms with Gasteiger partial charge in [-0.1, -0.05) is 23.5 Å². The maximum Gasteiger partial charge on any atom is 0.338 e. The lowest BCUT2D eigenvalue weighted by atomic mass is 9.95. The summed E-state index contributed by atoms with van der Waals surface area (Å²) in [6.07, 6.45) is 1.50. The number of benzene rings is 3. The van der Waals surface area contributed by atoms with E-state index in [1.807, 2.05) is 13.8 Å². The van der Waals surface area contributed by atoms with E-state index in [0.717, 1.165) is 29.5 Å². The van der Waals surface area contributed by atoms with Crippen LogP contribution in [0.1, 0.15) is 44.9 Å². The molecule has 5 rings (SSSR count). The van der Waals surface area contributed by atoms with Gasteiger partial charge in [-0.25, -0.2) is 9.79 Å². The number of nitro benzene ring substituents is 2. The fourth-order valence-electron chi connectivity index (χ4n) is 5.29. The number of nitrogens with zero attached hydrogens (tertiary/aromatic N) is 4. The number of ether oxygens (including phenoxy) is 5. The van der Waals surface area contributed by atoms with Gasteiger partial charge in [-0.2, -0.15) is 0 Å². The molecule has 0 aliphatic carbocycles. The van der Waals surface area contributed by atoms with Crippen LogP contribution in [0.15, 0.2) is 75.7 Å². The minimum absolute atomic E-state index is 0.0941. The second kappa shape index (κ2) is 14.6. The zero-order valence-corrected chi connectivity index (χ0v) is 28.6. The van der Waals surface area contributed by atoms with Crippen LogP contribution in [-0.4, -0.2) is 47.3 Å². The number of thiazole rings is 1. The summed E-state index contributed by atoms with van der Waals surface area (Å²) in [4.78, 5) is 53.6. The van der Waals surface area contributed by atoms with E-state index in [9.17, 15) is 29.8 Å². The maximum atomic E-state index is 14.1. The molecule has 1 aliphatic rings. The van der Waals surface area contributed by atoms with Crippen molar-refractivity contribution in [3.8, 4) is 28.7 Å². The number of hydrogen-bond donors (Lipinski definition) is 0. The average Bonchev–Trinajstić information content (AvgIpc) is 3.38. The Hall–Kier alpha value is -6.03. The Morgan fingerprint density at radius 3 is 2.28 bits per heavy atom. The highest BCUT2D eigenvalue weighted by molar-refractivity contribution is 7.07. The third-order valence-electron chi connectivity index (χ3n) is 7.44. The van der Waals surface area contributed by atoms with Crippen molar-refractivity contribution < 1.29 is 38.3 Å². The molecule has 0 fully saturated rings. The summed E-state index contributed by atoms with van der Waals surface area (Å²) >= 11 is 1.12. The predicted octanol–water partition coefficient (Wildman–Crippen LogP) is 5.21. The van der Waals surface area contributed by atoms with E-state index in [-0.39, 0.29) is 35.5 Å². The molecule has 1 atom stereocenters. The van der Waals surface area contributed by atoms with Crippen molar-refractivity contribution in [1.29, 1.82) is 0 Å². The molecule has 0 saturated carbocycles. The summed E-state index contributed by atoms with van der Waals surface area (Å²) in [5, 5.41) is 22.7. The summed E-state index contributed by atoms with van der Waals surface area (Å²) in [5.41, 5.74) is 0.212. The van der Waals surface area contributed by atoms with Gasteiger partial charge >= 0.3 is 11.7 Å². The van der Waals surface area contributed by atoms with E-state index in [1.165, 1.54) is 24.9 Å². The van der Waals surface area contributed by atoms with Crippen molar-refractivity contribution in [2.24, 2.45) is 4.99 Å². The van der Waals surface area contributed by atoms with Crippen molar-refractivity contribution >= 4 is 34.8 Å². The minimum Gasteiger partial charge on any atom is -0.493 e. The summed E-state index contributed by atoms with van der Waals surface area (Å²) in [6.45, 7) is 7.27. The van der Waals surface area contributed by atoms with Crippen molar-refractivity contribution in [1.82, 2.24) is 4.57 Å². The van der Waals surface area contributed by atoms with E-state index in [1.54, 1.807) is 50.3 Å². The lowest BCUT2D eigenvalue weighted by Gasteiger charge is -2.25. The zero-order valence-electron chi connectivity index (χ0n) is 27.8. The molecule has 0 amide bonds. The number of carbonyl (C=O) groups excluding carboxylic acids is 1. The molecule has 0 bridgehead atoms. The number of carbonyl (C=O) groups is 1. The number of allylic oxidation sites excluding steroid dienone is 1. The van der Waals surface area contributed by atoms with Crippen LogP contribution in [0, 0.1) is 20.2 Å². The van der Waals surface area contributed by atoms with Gasteiger partial charge in [-0.05, 0) is 75.2 Å². The molecule has 3 aromatic carbocycles. The topological polar surface area (TPSA) is 184 Å². The molecular formula is C34H32N4O11S.